The average Bonchev–Trinajstić information content (AvgIpc) is 2.98. The lowest BCUT2D eigenvalue weighted by Crippen LogP contribution is -2.10. The van der Waals surface area contributed by atoms with Gasteiger partial charge >= 0.3 is 0 Å². The van der Waals surface area contributed by atoms with Crippen LogP contribution in [0.2, 0.25) is 0 Å². The molecule has 25 heavy (non-hydrogen) atoms. The SMILES string of the molecule is CCOc1ccc(-c2n[nH]c(=S)n2N/N=C\c2ccccc2Br)cc1. The van der Waals surface area contributed by atoms with Crippen molar-refractivity contribution in [3.05, 3.63) is 63.3 Å². The molecule has 128 valence electrons. The van der Waals surface area contributed by atoms with E-state index in [2.05, 4.69) is 36.8 Å². The molecule has 0 amide bonds. The number of aromatic nitrogens is 3. The minimum Gasteiger partial charge on any atom is -0.494 e. The zero-order chi connectivity index (χ0) is 17.6. The van der Waals surface area contributed by atoms with Gasteiger partial charge in [0.2, 0.25) is 4.77 Å². The Kier molecular flexibility index (Phi) is 5.62. The van der Waals surface area contributed by atoms with E-state index >= 15 is 0 Å². The second-order valence-electron chi connectivity index (χ2n) is 5.02. The van der Waals surface area contributed by atoms with Gasteiger partial charge in [-0.2, -0.15) is 14.9 Å². The molecule has 0 unspecified atom stereocenters. The standard InChI is InChI=1S/C17H16BrN5OS/c1-2-24-14-9-7-12(8-10-14)16-20-21-17(25)23(16)22-19-11-13-5-3-4-6-15(13)18/h3-11,22H,2H2,1H3,(H,21,25)/b19-11-. The van der Waals surface area contributed by atoms with Crippen molar-refractivity contribution < 1.29 is 4.74 Å². The maximum atomic E-state index is 5.46. The molecule has 0 fully saturated rings. The van der Waals surface area contributed by atoms with Gasteiger partial charge in [0.25, 0.3) is 0 Å². The summed E-state index contributed by atoms with van der Waals surface area (Å²) in [6.45, 7) is 2.58. The van der Waals surface area contributed by atoms with Crippen molar-refractivity contribution in [1.29, 1.82) is 0 Å². The van der Waals surface area contributed by atoms with Gasteiger partial charge in [-0.3, -0.25) is 0 Å². The molecule has 0 spiro atoms. The first-order valence-electron chi connectivity index (χ1n) is 7.63. The molecular formula is C17H16BrN5OS. The highest BCUT2D eigenvalue weighted by Gasteiger charge is 2.08. The number of benzene rings is 2. The van der Waals surface area contributed by atoms with Gasteiger partial charge in [-0.05, 0) is 49.5 Å². The summed E-state index contributed by atoms with van der Waals surface area (Å²) in [6, 6.07) is 15.4. The molecule has 2 N–H and O–H groups in total. The molecule has 0 atom stereocenters. The predicted molar refractivity (Wildman–Crippen MR) is 105 cm³/mol. The van der Waals surface area contributed by atoms with Crippen LogP contribution in [0, 0.1) is 4.77 Å². The number of halogens is 1. The van der Waals surface area contributed by atoms with Gasteiger partial charge < -0.3 is 4.74 Å². The highest BCUT2D eigenvalue weighted by molar-refractivity contribution is 9.10. The third-order valence-electron chi connectivity index (χ3n) is 3.36. The zero-order valence-corrected chi connectivity index (χ0v) is 15.8. The first-order chi connectivity index (χ1) is 12.2. The van der Waals surface area contributed by atoms with Crippen LogP contribution in [0.3, 0.4) is 0 Å². The summed E-state index contributed by atoms with van der Waals surface area (Å²) < 4.78 is 8.45. The third-order valence-corrected chi connectivity index (χ3v) is 4.36. The van der Waals surface area contributed by atoms with Gasteiger partial charge in [-0.1, -0.05) is 34.1 Å². The first kappa shape index (κ1) is 17.4. The van der Waals surface area contributed by atoms with Crippen LogP contribution < -0.4 is 10.3 Å². The van der Waals surface area contributed by atoms with Crippen molar-refractivity contribution in [3.8, 4) is 17.1 Å². The number of nitrogens with zero attached hydrogens (tertiary/aromatic N) is 3. The lowest BCUT2D eigenvalue weighted by atomic mass is 10.2. The molecule has 0 aliphatic rings. The lowest BCUT2D eigenvalue weighted by Gasteiger charge is -2.07. The summed E-state index contributed by atoms with van der Waals surface area (Å²) in [5, 5.41) is 11.3. The maximum absolute atomic E-state index is 5.46. The van der Waals surface area contributed by atoms with Crippen LogP contribution in [0.15, 0.2) is 58.1 Å². The molecule has 0 aliphatic heterocycles. The number of nitrogens with one attached hydrogen (secondary N) is 2. The Morgan fingerprint density at radius 2 is 2.04 bits per heavy atom. The molecule has 0 saturated carbocycles. The van der Waals surface area contributed by atoms with Gasteiger partial charge in [0.05, 0.1) is 12.8 Å². The molecule has 2 aromatic carbocycles. The summed E-state index contributed by atoms with van der Waals surface area (Å²) >= 11 is 8.75. The van der Waals surface area contributed by atoms with Crippen LogP contribution in [-0.4, -0.2) is 27.7 Å². The van der Waals surface area contributed by atoms with Gasteiger partial charge in [-0.25, -0.2) is 10.6 Å². The quantitative estimate of drug-likeness (QED) is 0.355. The smallest absolute Gasteiger partial charge is 0.216 e. The van der Waals surface area contributed by atoms with Crippen LogP contribution in [0.5, 0.6) is 5.75 Å². The van der Waals surface area contributed by atoms with Crippen molar-refractivity contribution in [2.24, 2.45) is 5.10 Å². The highest BCUT2D eigenvalue weighted by atomic mass is 79.9. The van der Waals surface area contributed by atoms with Crippen molar-refractivity contribution in [2.75, 3.05) is 12.1 Å². The monoisotopic (exact) mass is 417 g/mol. The molecular weight excluding hydrogens is 402 g/mol. The average molecular weight is 418 g/mol. The molecule has 1 aromatic heterocycles. The van der Waals surface area contributed by atoms with E-state index in [-0.39, 0.29) is 0 Å². The van der Waals surface area contributed by atoms with Crippen LogP contribution in [-0.2, 0) is 0 Å². The fourth-order valence-electron chi connectivity index (χ4n) is 2.19. The highest BCUT2D eigenvalue weighted by Crippen LogP contribution is 2.20. The third kappa shape index (κ3) is 4.15. The number of aromatic amines is 1. The predicted octanol–water partition coefficient (Wildman–Crippen LogP) is 4.35. The molecule has 0 saturated heterocycles. The van der Waals surface area contributed by atoms with Crippen LogP contribution in [0.25, 0.3) is 11.4 Å². The first-order valence-corrected chi connectivity index (χ1v) is 8.83. The van der Waals surface area contributed by atoms with Crippen molar-refractivity contribution in [1.82, 2.24) is 14.9 Å². The molecule has 0 bridgehead atoms. The summed E-state index contributed by atoms with van der Waals surface area (Å²) in [5.41, 5.74) is 4.75. The van der Waals surface area contributed by atoms with Gasteiger partial charge in [-0.15, -0.1) is 0 Å². The summed E-state index contributed by atoms with van der Waals surface area (Å²) in [5.74, 6) is 1.45. The lowest BCUT2D eigenvalue weighted by molar-refractivity contribution is 0.340. The Labute approximate surface area is 158 Å². The molecule has 3 aromatic rings. The summed E-state index contributed by atoms with van der Waals surface area (Å²) in [6.07, 6.45) is 1.71. The minimum absolute atomic E-state index is 0.424. The van der Waals surface area contributed by atoms with Crippen molar-refractivity contribution in [2.45, 2.75) is 6.92 Å². The topological polar surface area (TPSA) is 67.2 Å². The largest absolute Gasteiger partial charge is 0.494 e. The normalized spacial score (nSPS) is 11.0. The maximum Gasteiger partial charge on any atom is 0.216 e. The number of hydrazone groups is 1. The zero-order valence-electron chi connectivity index (χ0n) is 13.4. The van der Waals surface area contributed by atoms with E-state index in [4.69, 9.17) is 17.0 Å². The van der Waals surface area contributed by atoms with E-state index in [9.17, 15) is 0 Å². The number of rotatable bonds is 6. The second kappa shape index (κ2) is 8.09. The van der Waals surface area contributed by atoms with Crippen LogP contribution >= 0.6 is 28.1 Å². The van der Waals surface area contributed by atoms with Gasteiger partial charge in [0.15, 0.2) is 5.82 Å². The number of H-pyrrole nitrogens is 1. The Bertz CT molecular complexity index is 933. The molecule has 3 rings (SSSR count). The van der Waals surface area contributed by atoms with Crippen molar-refractivity contribution in [3.63, 3.8) is 0 Å². The molecule has 0 radical (unpaired) electrons. The fraction of sp³-hybridized carbons (Fsp3) is 0.118. The summed E-state index contributed by atoms with van der Waals surface area (Å²) in [4.78, 5) is 0. The Balaban J connectivity index is 1.82. The van der Waals surface area contributed by atoms with Crippen LogP contribution in [0.4, 0.5) is 0 Å². The number of ether oxygens (including phenoxy) is 1. The fourth-order valence-corrected chi connectivity index (χ4v) is 2.75. The second-order valence-corrected chi connectivity index (χ2v) is 6.27. The van der Waals surface area contributed by atoms with Gasteiger partial charge in [0.1, 0.15) is 5.75 Å². The molecule has 1 heterocycles. The van der Waals surface area contributed by atoms with E-state index in [1.165, 1.54) is 0 Å². The van der Waals surface area contributed by atoms with E-state index < -0.39 is 0 Å². The Hall–Kier alpha value is -2.45. The number of hydrogen-bond acceptors (Lipinski definition) is 5. The van der Waals surface area contributed by atoms with Crippen LogP contribution in [0.1, 0.15) is 12.5 Å². The van der Waals surface area contributed by atoms with Crippen molar-refractivity contribution >= 4 is 34.4 Å². The van der Waals surface area contributed by atoms with E-state index in [1.54, 1.807) is 10.9 Å². The summed E-state index contributed by atoms with van der Waals surface area (Å²) in [7, 11) is 0. The minimum atomic E-state index is 0.424. The molecule has 6 nitrogen and oxygen atoms in total. The Morgan fingerprint density at radius 1 is 1.28 bits per heavy atom. The van der Waals surface area contributed by atoms with E-state index in [0.29, 0.717) is 17.2 Å². The molecule has 8 heteroatoms. The van der Waals surface area contributed by atoms with Gasteiger partial charge in [0, 0.05) is 15.6 Å². The Morgan fingerprint density at radius 3 is 2.76 bits per heavy atom. The van der Waals surface area contributed by atoms with E-state index in [1.807, 2.05) is 55.5 Å². The molecule has 0 aliphatic carbocycles. The van der Waals surface area contributed by atoms with E-state index in [0.717, 1.165) is 21.3 Å². The number of hydrogen-bond donors (Lipinski definition) is 2.